The molecule has 2 aromatic carbocycles. The van der Waals surface area contributed by atoms with Crippen LogP contribution in [-0.4, -0.2) is 24.3 Å². The Morgan fingerprint density at radius 1 is 1.24 bits per heavy atom. The van der Waals surface area contributed by atoms with Gasteiger partial charge in [0.2, 0.25) is 0 Å². The average molecular weight is 465 g/mol. The van der Waals surface area contributed by atoms with Crippen molar-refractivity contribution in [2.45, 2.75) is 13.0 Å². The highest BCUT2D eigenvalue weighted by Crippen LogP contribution is 2.31. The molecule has 1 aliphatic heterocycles. The molecular formula is C25H21FN2O4S. The quantitative estimate of drug-likeness (QED) is 0.415. The lowest BCUT2D eigenvalue weighted by Gasteiger charge is -2.24. The second-order valence-corrected chi connectivity index (χ2v) is 8.27. The molecule has 0 N–H and O–H groups in total. The molecule has 0 saturated heterocycles. The van der Waals surface area contributed by atoms with Crippen molar-refractivity contribution in [1.82, 2.24) is 4.57 Å². The molecule has 1 atom stereocenters. The fraction of sp³-hybridized carbons (Fsp3) is 0.160. The van der Waals surface area contributed by atoms with Crippen molar-refractivity contribution in [3.8, 4) is 5.75 Å². The van der Waals surface area contributed by atoms with Gasteiger partial charge in [0.1, 0.15) is 18.2 Å². The second kappa shape index (κ2) is 9.38. The lowest BCUT2D eigenvalue weighted by atomic mass is 9.96. The predicted octanol–water partition coefficient (Wildman–Crippen LogP) is 3.11. The van der Waals surface area contributed by atoms with Crippen LogP contribution in [-0.2, 0) is 9.53 Å². The van der Waals surface area contributed by atoms with Crippen LogP contribution in [0.4, 0.5) is 4.39 Å². The van der Waals surface area contributed by atoms with E-state index < -0.39 is 17.8 Å². The van der Waals surface area contributed by atoms with E-state index in [9.17, 15) is 14.0 Å². The highest BCUT2D eigenvalue weighted by Gasteiger charge is 2.33. The number of hydrogen-bond donors (Lipinski definition) is 0. The molecule has 8 heteroatoms. The number of thiazole rings is 1. The highest BCUT2D eigenvalue weighted by molar-refractivity contribution is 7.07. The number of rotatable bonds is 6. The minimum absolute atomic E-state index is 0.0304. The SMILES string of the molecule is C=CCOC(=O)C1=C(C)N=c2s/c(=C/c3ccccc3F)c(=O)n2[C@@H]1c1ccc(OC)cc1. The van der Waals surface area contributed by atoms with Crippen LogP contribution >= 0.6 is 11.3 Å². The molecule has 0 aliphatic carbocycles. The van der Waals surface area contributed by atoms with Crippen molar-refractivity contribution in [2.24, 2.45) is 4.99 Å². The van der Waals surface area contributed by atoms with E-state index in [0.717, 1.165) is 11.3 Å². The van der Waals surface area contributed by atoms with Crippen LogP contribution in [0.2, 0.25) is 0 Å². The van der Waals surface area contributed by atoms with Gasteiger partial charge in [-0.1, -0.05) is 54.3 Å². The number of ether oxygens (including phenoxy) is 2. The van der Waals surface area contributed by atoms with Gasteiger partial charge in [0.05, 0.1) is 29.0 Å². The Morgan fingerprint density at radius 3 is 2.64 bits per heavy atom. The number of esters is 1. The van der Waals surface area contributed by atoms with Gasteiger partial charge in [0.25, 0.3) is 5.56 Å². The summed E-state index contributed by atoms with van der Waals surface area (Å²) in [5, 5.41) is 0. The molecule has 1 aromatic heterocycles. The van der Waals surface area contributed by atoms with Crippen molar-refractivity contribution in [1.29, 1.82) is 0 Å². The largest absolute Gasteiger partial charge is 0.497 e. The number of fused-ring (bicyclic) bond motifs is 1. The van der Waals surface area contributed by atoms with Crippen LogP contribution in [0.5, 0.6) is 5.75 Å². The molecule has 0 unspecified atom stereocenters. The molecule has 3 aromatic rings. The Labute approximate surface area is 193 Å². The maximum Gasteiger partial charge on any atom is 0.338 e. The third-order valence-corrected chi connectivity index (χ3v) is 6.18. The van der Waals surface area contributed by atoms with Gasteiger partial charge < -0.3 is 9.47 Å². The van der Waals surface area contributed by atoms with Crippen LogP contribution in [0.1, 0.15) is 24.1 Å². The van der Waals surface area contributed by atoms with Gasteiger partial charge in [-0.15, -0.1) is 0 Å². The van der Waals surface area contributed by atoms with E-state index in [1.165, 1.54) is 22.8 Å². The Bertz CT molecular complexity index is 1430. The van der Waals surface area contributed by atoms with E-state index in [-0.39, 0.29) is 17.7 Å². The summed E-state index contributed by atoms with van der Waals surface area (Å²) in [6.45, 7) is 5.31. The smallest absolute Gasteiger partial charge is 0.338 e. The number of benzene rings is 2. The average Bonchev–Trinajstić information content (AvgIpc) is 3.12. The summed E-state index contributed by atoms with van der Waals surface area (Å²) in [7, 11) is 1.56. The highest BCUT2D eigenvalue weighted by atomic mass is 32.1. The normalized spacial score (nSPS) is 15.6. The van der Waals surface area contributed by atoms with Gasteiger partial charge in [-0.25, -0.2) is 14.2 Å². The first-order chi connectivity index (χ1) is 15.9. The molecule has 0 saturated carbocycles. The number of carbonyl (C=O) groups excluding carboxylic acids is 1. The molecule has 0 radical (unpaired) electrons. The minimum atomic E-state index is -0.757. The summed E-state index contributed by atoms with van der Waals surface area (Å²) in [5.41, 5.74) is 1.32. The summed E-state index contributed by atoms with van der Waals surface area (Å²) >= 11 is 1.14. The number of hydrogen-bond acceptors (Lipinski definition) is 6. The third-order valence-electron chi connectivity index (χ3n) is 5.20. The summed E-state index contributed by atoms with van der Waals surface area (Å²) in [6.07, 6.45) is 2.97. The van der Waals surface area contributed by atoms with Crippen LogP contribution in [0.3, 0.4) is 0 Å². The number of nitrogens with zero attached hydrogens (tertiary/aromatic N) is 2. The number of methoxy groups -OCH3 is 1. The lowest BCUT2D eigenvalue weighted by molar-refractivity contribution is -0.138. The van der Waals surface area contributed by atoms with Gasteiger partial charge in [-0.05, 0) is 36.8 Å². The third kappa shape index (κ3) is 4.29. The molecule has 2 heterocycles. The van der Waals surface area contributed by atoms with E-state index >= 15 is 0 Å². The maximum atomic E-state index is 14.2. The van der Waals surface area contributed by atoms with Crippen molar-refractivity contribution >= 4 is 23.4 Å². The first-order valence-corrected chi connectivity index (χ1v) is 10.9. The van der Waals surface area contributed by atoms with E-state index in [1.807, 2.05) is 0 Å². The van der Waals surface area contributed by atoms with Crippen LogP contribution in [0.25, 0.3) is 6.08 Å². The zero-order chi connectivity index (χ0) is 23.5. The number of carbonyl (C=O) groups is 1. The molecule has 0 spiro atoms. The second-order valence-electron chi connectivity index (χ2n) is 7.26. The van der Waals surface area contributed by atoms with E-state index in [2.05, 4.69) is 11.6 Å². The molecule has 0 bridgehead atoms. The zero-order valence-corrected chi connectivity index (χ0v) is 18.9. The molecule has 4 rings (SSSR count). The monoisotopic (exact) mass is 464 g/mol. The summed E-state index contributed by atoms with van der Waals surface area (Å²) < 4.78 is 26.5. The summed E-state index contributed by atoms with van der Waals surface area (Å²) in [6, 6.07) is 12.5. The van der Waals surface area contributed by atoms with Crippen molar-refractivity contribution in [3.05, 3.63) is 109 Å². The lowest BCUT2D eigenvalue weighted by Crippen LogP contribution is -2.39. The molecule has 1 aliphatic rings. The van der Waals surface area contributed by atoms with Gasteiger partial charge in [0.15, 0.2) is 4.80 Å². The molecule has 0 fully saturated rings. The van der Waals surface area contributed by atoms with Gasteiger partial charge in [-0.3, -0.25) is 9.36 Å². The fourth-order valence-corrected chi connectivity index (χ4v) is 4.67. The molecule has 0 amide bonds. The van der Waals surface area contributed by atoms with Crippen molar-refractivity contribution < 1.29 is 18.7 Å². The minimum Gasteiger partial charge on any atom is -0.497 e. The summed E-state index contributed by atoms with van der Waals surface area (Å²) in [4.78, 5) is 31.4. The van der Waals surface area contributed by atoms with Crippen LogP contribution in [0, 0.1) is 5.82 Å². The van der Waals surface area contributed by atoms with E-state index in [1.54, 1.807) is 56.5 Å². The summed E-state index contributed by atoms with van der Waals surface area (Å²) in [5.74, 6) is -0.373. The molecular weight excluding hydrogens is 443 g/mol. The van der Waals surface area contributed by atoms with E-state index in [4.69, 9.17) is 9.47 Å². The van der Waals surface area contributed by atoms with Crippen molar-refractivity contribution in [2.75, 3.05) is 13.7 Å². The van der Waals surface area contributed by atoms with Crippen LogP contribution < -0.4 is 19.6 Å². The topological polar surface area (TPSA) is 69.9 Å². The Morgan fingerprint density at radius 2 is 1.97 bits per heavy atom. The van der Waals surface area contributed by atoms with Gasteiger partial charge in [-0.2, -0.15) is 0 Å². The molecule has 168 valence electrons. The Hall–Kier alpha value is -3.78. The first-order valence-electron chi connectivity index (χ1n) is 10.1. The van der Waals surface area contributed by atoms with Crippen LogP contribution in [0.15, 0.2) is 82.2 Å². The zero-order valence-electron chi connectivity index (χ0n) is 18.1. The van der Waals surface area contributed by atoms with Gasteiger partial charge >= 0.3 is 5.97 Å². The van der Waals surface area contributed by atoms with Crippen molar-refractivity contribution in [3.63, 3.8) is 0 Å². The standard InChI is InChI=1S/C25H21FN2O4S/c1-4-13-32-24(30)21-15(2)27-25-28(22(21)16-9-11-18(31-3)12-10-16)23(29)20(33-25)14-17-7-5-6-8-19(17)26/h4-12,14,22H,1,13H2,2-3H3/b20-14+/t22-/m1/s1. The molecule has 33 heavy (non-hydrogen) atoms. The van der Waals surface area contributed by atoms with Gasteiger partial charge in [0, 0.05) is 5.56 Å². The number of allylic oxidation sites excluding steroid dienone is 1. The number of aromatic nitrogens is 1. The first kappa shape index (κ1) is 22.4. The fourth-order valence-electron chi connectivity index (χ4n) is 3.63. The number of halogens is 1. The predicted molar refractivity (Wildman–Crippen MR) is 124 cm³/mol. The molecule has 6 nitrogen and oxygen atoms in total. The Balaban J connectivity index is 1.94. The Kier molecular flexibility index (Phi) is 6.37. The van der Waals surface area contributed by atoms with E-state index in [0.29, 0.717) is 31.9 Å². The maximum absolute atomic E-state index is 14.2.